The Morgan fingerprint density at radius 2 is 2.19 bits per heavy atom. The monoisotopic (exact) mass is 316 g/mol. The van der Waals surface area contributed by atoms with Crippen LogP contribution in [0.1, 0.15) is 6.92 Å². The molecule has 6 nitrogen and oxygen atoms in total. The Hall–Kier alpha value is -1.50. The molecule has 0 saturated heterocycles. The number of hydrogen-bond donors (Lipinski definition) is 3. The van der Waals surface area contributed by atoms with Crippen molar-refractivity contribution in [2.75, 3.05) is 43.4 Å². The molecular weight excluding hydrogens is 296 g/mol. The van der Waals surface area contributed by atoms with Gasteiger partial charge in [-0.25, -0.2) is 0 Å². The van der Waals surface area contributed by atoms with E-state index in [0.29, 0.717) is 30.3 Å². The molecule has 0 spiro atoms. The van der Waals surface area contributed by atoms with Crippen molar-refractivity contribution in [1.82, 2.24) is 0 Å². The minimum atomic E-state index is -0.664. The van der Waals surface area contributed by atoms with E-state index in [0.717, 1.165) is 0 Å². The third-order valence-electron chi connectivity index (χ3n) is 2.55. The molecule has 1 unspecified atom stereocenters. The summed E-state index contributed by atoms with van der Waals surface area (Å²) in [6, 6.07) is 5.23. The standard InChI is InChI=1S/C14H21ClN2O4/c1-10(18)17-11-3-4-14(21-6-5-20-2)13(7-11)16-9-12(19)8-15/h3-4,7,12,16,19H,5-6,8-9H2,1-2H3,(H,17,18). The number of carbonyl (C=O) groups is 1. The van der Waals surface area contributed by atoms with Crippen LogP contribution in [0, 0.1) is 0 Å². The lowest BCUT2D eigenvalue weighted by Gasteiger charge is -2.16. The van der Waals surface area contributed by atoms with Crippen LogP contribution in [-0.4, -0.2) is 49.9 Å². The highest BCUT2D eigenvalue weighted by molar-refractivity contribution is 6.18. The van der Waals surface area contributed by atoms with Crippen molar-refractivity contribution in [3.05, 3.63) is 18.2 Å². The zero-order valence-electron chi connectivity index (χ0n) is 12.2. The Kier molecular flexibility index (Phi) is 7.89. The van der Waals surface area contributed by atoms with Gasteiger partial charge in [-0.3, -0.25) is 4.79 Å². The zero-order valence-corrected chi connectivity index (χ0v) is 12.9. The molecule has 7 heteroatoms. The predicted octanol–water partition coefficient (Wildman–Crippen LogP) is 1.68. The molecule has 1 rings (SSSR count). The number of aliphatic hydroxyl groups excluding tert-OH is 1. The summed E-state index contributed by atoms with van der Waals surface area (Å²) < 4.78 is 10.5. The third-order valence-corrected chi connectivity index (χ3v) is 2.91. The Morgan fingerprint density at radius 3 is 2.81 bits per heavy atom. The average molecular weight is 317 g/mol. The van der Waals surface area contributed by atoms with Crippen LogP contribution in [0.5, 0.6) is 5.75 Å². The number of hydrogen-bond acceptors (Lipinski definition) is 5. The Bertz CT molecular complexity index is 457. The van der Waals surface area contributed by atoms with Crippen molar-refractivity contribution < 1.29 is 19.4 Å². The van der Waals surface area contributed by atoms with Gasteiger partial charge in [-0.1, -0.05) is 0 Å². The van der Waals surface area contributed by atoms with E-state index in [1.54, 1.807) is 25.3 Å². The molecule has 118 valence electrons. The molecule has 1 atom stereocenters. The molecule has 3 N–H and O–H groups in total. The van der Waals surface area contributed by atoms with E-state index in [-0.39, 0.29) is 18.3 Å². The zero-order chi connectivity index (χ0) is 15.7. The lowest BCUT2D eigenvalue weighted by atomic mass is 10.2. The second-order valence-corrected chi connectivity index (χ2v) is 4.73. The number of amides is 1. The number of nitrogens with one attached hydrogen (secondary N) is 2. The van der Waals surface area contributed by atoms with E-state index in [9.17, 15) is 9.90 Å². The Labute approximate surface area is 129 Å². The maximum atomic E-state index is 11.1. The third kappa shape index (κ3) is 6.66. The van der Waals surface area contributed by atoms with E-state index in [2.05, 4.69) is 10.6 Å². The normalized spacial score (nSPS) is 11.8. The van der Waals surface area contributed by atoms with Gasteiger partial charge in [0.15, 0.2) is 0 Å². The van der Waals surface area contributed by atoms with Crippen LogP contribution in [0.15, 0.2) is 18.2 Å². The average Bonchev–Trinajstić information content (AvgIpc) is 2.46. The second kappa shape index (κ2) is 9.44. The molecule has 0 saturated carbocycles. The molecule has 0 aliphatic carbocycles. The van der Waals surface area contributed by atoms with Crippen LogP contribution in [0.25, 0.3) is 0 Å². The van der Waals surface area contributed by atoms with Gasteiger partial charge in [-0.05, 0) is 18.2 Å². The minimum Gasteiger partial charge on any atom is -0.489 e. The highest BCUT2D eigenvalue weighted by atomic mass is 35.5. The van der Waals surface area contributed by atoms with E-state index in [1.807, 2.05) is 0 Å². The fourth-order valence-electron chi connectivity index (χ4n) is 1.59. The number of anilines is 2. The van der Waals surface area contributed by atoms with Gasteiger partial charge in [0.05, 0.1) is 24.3 Å². The molecule has 0 aromatic heterocycles. The first kappa shape index (κ1) is 17.6. The molecule has 1 aromatic rings. The van der Waals surface area contributed by atoms with Crippen molar-refractivity contribution in [3.63, 3.8) is 0 Å². The van der Waals surface area contributed by atoms with Crippen LogP contribution in [-0.2, 0) is 9.53 Å². The fraction of sp³-hybridized carbons (Fsp3) is 0.500. The molecule has 0 radical (unpaired) electrons. The van der Waals surface area contributed by atoms with Crippen molar-refractivity contribution in [3.8, 4) is 5.75 Å². The van der Waals surface area contributed by atoms with Crippen molar-refractivity contribution >= 4 is 28.9 Å². The van der Waals surface area contributed by atoms with Gasteiger partial charge >= 0.3 is 0 Å². The smallest absolute Gasteiger partial charge is 0.221 e. The summed E-state index contributed by atoms with van der Waals surface area (Å²) in [5.74, 6) is 0.593. The summed E-state index contributed by atoms with van der Waals surface area (Å²) in [5, 5.41) is 15.3. The molecule has 1 aromatic carbocycles. The molecule has 0 aliphatic heterocycles. The number of rotatable bonds is 9. The minimum absolute atomic E-state index is 0.137. The number of aliphatic hydroxyl groups is 1. The van der Waals surface area contributed by atoms with Gasteiger partial charge in [0.1, 0.15) is 12.4 Å². The number of ether oxygens (including phenoxy) is 2. The number of halogens is 1. The first-order valence-corrected chi connectivity index (χ1v) is 7.11. The van der Waals surface area contributed by atoms with Crippen LogP contribution < -0.4 is 15.4 Å². The SMILES string of the molecule is COCCOc1ccc(NC(C)=O)cc1NCC(O)CCl. The topological polar surface area (TPSA) is 79.8 Å². The lowest BCUT2D eigenvalue weighted by molar-refractivity contribution is -0.114. The molecule has 0 bridgehead atoms. The molecule has 0 heterocycles. The van der Waals surface area contributed by atoms with Crippen molar-refractivity contribution in [1.29, 1.82) is 0 Å². The van der Waals surface area contributed by atoms with Gasteiger partial charge in [0.25, 0.3) is 0 Å². The second-order valence-electron chi connectivity index (χ2n) is 4.42. The van der Waals surface area contributed by atoms with Crippen LogP contribution >= 0.6 is 11.6 Å². The summed E-state index contributed by atoms with van der Waals surface area (Å²) in [5.41, 5.74) is 1.31. The summed E-state index contributed by atoms with van der Waals surface area (Å²) >= 11 is 5.57. The highest BCUT2D eigenvalue weighted by Crippen LogP contribution is 2.28. The number of benzene rings is 1. The first-order valence-electron chi connectivity index (χ1n) is 6.58. The van der Waals surface area contributed by atoms with Gasteiger partial charge in [0, 0.05) is 26.3 Å². The summed E-state index contributed by atoms with van der Waals surface area (Å²) in [6.45, 7) is 2.60. The van der Waals surface area contributed by atoms with Crippen molar-refractivity contribution in [2.45, 2.75) is 13.0 Å². The summed E-state index contributed by atoms with van der Waals surface area (Å²) in [4.78, 5) is 11.1. The maximum Gasteiger partial charge on any atom is 0.221 e. The first-order chi connectivity index (χ1) is 10.1. The van der Waals surface area contributed by atoms with E-state index >= 15 is 0 Å². The van der Waals surface area contributed by atoms with Crippen LogP contribution in [0.2, 0.25) is 0 Å². The van der Waals surface area contributed by atoms with Crippen LogP contribution in [0.3, 0.4) is 0 Å². The molecule has 21 heavy (non-hydrogen) atoms. The molecule has 0 aliphatic rings. The van der Waals surface area contributed by atoms with Gasteiger partial charge in [-0.2, -0.15) is 0 Å². The van der Waals surface area contributed by atoms with E-state index in [4.69, 9.17) is 21.1 Å². The Balaban J connectivity index is 2.81. The lowest BCUT2D eigenvalue weighted by Crippen LogP contribution is -2.21. The summed E-state index contributed by atoms with van der Waals surface area (Å²) in [6.07, 6.45) is -0.664. The number of carbonyl (C=O) groups excluding carboxylic acids is 1. The highest BCUT2D eigenvalue weighted by Gasteiger charge is 2.08. The number of methoxy groups -OCH3 is 1. The van der Waals surface area contributed by atoms with Crippen molar-refractivity contribution in [2.24, 2.45) is 0 Å². The molecule has 1 amide bonds. The quantitative estimate of drug-likeness (QED) is 0.477. The van der Waals surface area contributed by atoms with E-state index in [1.165, 1.54) is 6.92 Å². The number of alkyl halides is 1. The van der Waals surface area contributed by atoms with Gasteiger partial charge in [-0.15, -0.1) is 11.6 Å². The molecule has 0 fully saturated rings. The van der Waals surface area contributed by atoms with Gasteiger partial charge in [0.2, 0.25) is 5.91 Å². The molecular formula is C14H21ClN2O4. The van der Waals surface area contributed by atoms with Crippen LogP contribution in [0.4, 0.5) is 11.4 Å². The fourth-order valence-corrected chi connectivity index (χ4v) is 1.70. The Morgan fingerprint density at radius 1 is 1.43 bits per heavy atom. The van der Waals surface area contributed by atoms with E-state index < -0.39 is 6.10 Å². The summed E-state index contributed by atoms with van der Waals surface area (Å²) in [7, 11) is 1.60. The van der Waals surface area contributed by atoms with Gasteiger partial charge < -0.3 is 25.2 Å². The maximum absolute atomic E-state index is 11.1. The predicted molar refractivity (Wildman–Crippen MR) is 83.3 cm³/mol. The largest absolute Gasteiger partial charge is 0.489 e.